The molecule has 2 aromatic rings. The second-order valence-corrected chi connectivity index (χ2v) is 15.2. The van der Waals surface area contributed by atoms with Gasteiger partial charge < -0.3 is 20.2 Å². The molecule has 0 aromatic carbocycles. The van der Waals surface area contributed by atoms with Crippen LogP contribution in [0.15, 0.2) is 24.5 Å². The second kappa shape index (κ2) is 33.1. The minimum atomic E-state index is -0.278. The van der Waals surface area contributed by atoms with Crippen LogP contribution in [0.25, 0.3) is 0 Å². The number of aromatic nitrogens is 2. The predicted molar refractivity (Wildman–Crippen MR) is 243 cm³/mol. The van der Waals surface area contributed by atoms with Crippen molar-refractivity contribution in [2.24, 2.45) is 10.8 Å². The summed E-state index contributed by atoms with van der Waals surface area (Å²) in [5.74, 6) is 1.74. The van der Waals surface area contributed by atoms with Crippen molar-refractivity contribution in [2.45, 2.75) is 174 Å². The van der Waals surface area contributed by atoms with Crippen LogP contribution in [0, 0.1) is 24.7 Å². The van der Waals surface area contributed by atoms with Crippen molar-refractivity contribution in [2.75, 3.05) is 57.1 Å². The van der Waals surface area contributed by atoms with E-state index in [1.165, 1.54) is 67.4 Å². The predicted octanol–water partition coefficient (Wildman–Crippen LogP) is 11.7. The fraction of sp³-hybridized carbons (Fsp3) is 0.745. The summed E-state index contributed by atoms with van der Waals surface area (Å²) in [6.45, 7) is 37.1. The van der Waals surface area contributed by atoms with Crippen LogP contribution in [0.4, 0.5) is 11.6 Å². The van der Waals surface area contributed by atoms with E-state index in [0.717, 1.165) is 83.6 Å². The Morgan fingerprint density at radius 3 is 1.50 bits per heavy atom. The van der Waals surface area contributed by atoms with Gasteiger partial charge in [-0.05, 0) is 106 Å². The van der Waals surface area contributed by atoms with Crippen LogP contribution in [0.2, 0.25) is 0 Å². The fourth-order valence-corrected chi connectivity index (χ4v) is 5.93. The van der Waals surface area contributed by atoms with Crippen molar-refractivity contribution in [1.29, 1.82) is 0 Å². The van der Waals surface area contributed by atoms with Crippen molar-refractivity contribution in [3.05, 3.63) is 46.8 Å². The maximum atomic E-state index is 12.8. The van der Waals surface area contributed by atoms with Gasteiger partial charge in [-0.3, -0.25) is 14.6 Å². The molecule has 9 heteroatoms. The lowest BCUT2D eigenvalue weighted by Crippen LogP contribution is -2.35. The van der Waals surface area contributed by atoms with E-state index in [1.807, 2.05) is 54.1 Å². The Morgan fingerprint density at radius 1 is 0.714 bits per heavy atom. The number of rotatable bonds is 13. The summed E-state index contributed by atoms with van der Waals surface area (Å²) < 4.78 is 5.35. The first-order valence-electron chi connectivity index (χ1n) is 22.2. The van der Waals surface area contributed by atoms with Gasteiger partial charge in [0.15, 0.2) is 0 Å². The van der Waals surface area contributed by atoms with Crippen molar-refractivity contribution in [3.8, 4) is 0 Å². The first kappa shape index (κ1) is 55.2. The monoisotopic (exact) mass is 785 g/mol. The van der Waals surface area contributed by atoms with Crippen LogP contribution in [0.5, 0.6) is 0 Å². The van der Waals surface area contributed by atoms with Crippen LogP contribution >= 0.6 is 0 Å². The molecule has 2 saturated heterocycles. The Morgan fingerprint density at radius 2 is 1.12 bits per heavy atom. The first-order chi connectivity index (χ1) is 26.8. The number of carbonyl (C=O) groups excluding carboxylic acids is 2. The third-order valence-corrected chi connectivity index (χ3v) is 10.7. The smallest absolute Gasteiger partial charge is 0.231 e. The van der Waals surface area contributed by atoms with E-state index in [2.05, 4.69) is 105 Å². The van der Waals surface area contributed by atoms with Gasteiger partial charge in [0.2, 0.25) is 5.91 Å². The third kappa shape index (κ3) is 21.6. The largest absolute Gasteiger partial charge is 0.379 e. The van der Waals surface area contributed by atoms with E-state index >= 15 is 0 Å². The third-order valence-electron chi connectivity index (χ3n) is 10.7. The zero-order valence-corrected chi connectivity index (χ0v) is 39.1. The molecular weight excluding hydrogens is 697 g/mol. The summed E-state index contributed by atoms with van der Waals surface area (Å²) in [6.07, 6.45) is 15.8. The standard InChI is InChI=1S/C20H33N3O.C12H19N3O.C7H14O.2C3H8.C2H6/c1-5-20(6-2,7-3)19(24)22-18-13-17(16(4)14-21-18)15-23-11-9-8-10-12-23;1-10-8-14-12(13-2)7-11(10)9-15-3-5-16-6-4-15;1-4-7(3,5-2)6-8;2*1-3-2;1-2/h13-14H,5-12,15H2,1-4H3,(H,21,22,24);7-8H,3-6,9H2,1-2H3,(H,13,14);6H,4-5H2,1-3H3;2*3H2,1-2H3;1-2H3. The molecule has 2 aliphatic heterocycles. The molecule has 0 atom stereocenters. The molecule has 2 N–H and O–H groups in total. The maximum Gasteiger partial charge on any atom is 0.231 e. The van der Waals surface area contributed by atoms with Crippen LogP contribution in [-0.2, 0) is 27.4 Å². The maximum absolute atomic E-state index is 12.8. The number of likely N-dealkylation sites (tertiary alicyclic amines) is 1. The van der Waals surface area contributed by atoms with Crippen molar-refractivity contribution >= 4 is 23.8 Å². The molecule has 2 fully saturated rings. The van der Waals surface area contributed by atoms with Crippen LogP contribution in [0.3, 0.4) is 0 Å². The SMILES string of the molecule is CC.CCC.CCC.CCC(C)(C=O)CC.CCC(CC)(CC)C(=O)Nc1cc(CN2CCCCC2)c(C)cn1.CNc1cc(CN2CCOCC2)c(C)cn1. The lowest BCUT2D eigenvalue weighted by Gasteiger charge is -2.29. The molecule has 0 bridgehead atoms. The number of aryl methyl sites for hydroxylation is 2. The zero-order valence-electron chi connectivity index (χ0n) is 39.1. The van der Waals surface area contributed by atoms with E-state index in [0.29, 0.717) is 5.82 Å². The van der Waals surface area contributed by atoms with E-state index in [4.69, 9.17) is 4.74 Å². The molecule has 2 aromatic heterocycles. The molecular formula is C47H88N6O3. The molecule has 4 rings (SSSR count). The van der Waals surface area contributed by atoms with Gasteiger partial charge >= 0.3 is 0 Å². The number of nitrogens with one attached hydrogen (secondary N) is 2. The highest BCUT2D eigenvalue weighted by atomic mass is 16.5. The minimum Gasteiger partial charge on any atom is -0.379 e. The van der Waals surface area contributed by atoms with Gasteiger partial charge in [0.05, 0.1) is 13.2 Å². The number of pyridine rings is 2. The van der Waals surface area contributed by atoms with Crippen molar-refractivity contribution in [3.63, 3.8) is 0 Å². The molecule has 324 valence electrons. The number of hydrogen-bond donors (Lipinski definition) is 2. The summed E-state index contributed by atoms with van der Waals surface area (Å²) in [7, 11) is 1.90. The van der Waals surface area contributed by atoms with Gasteiger partial charge in [0.1, 0.15) is 17.9 Å². The summed E-state index contributed by atoms with van der Waals surface area (Å²) in [5.41, 5.74) is 4.75. The second-order valence-electron chi connectivity index (χ2n) is 15.2. The summed E-state index contributed by atoms with van der Waals surface area (Å²) in [6, 6.07) is 4.19. The molecule has 0 aliphatic carbocycles. The van der Waals surface area contributed by atoms with E-state index in [9.17, 15) is 9.59 Å². The van der Waals surface area contributed by atoms with E-state index < -0.39 is 0 Å². The molecule has 9 nitrogen and oxygen atoms in total. The Hall–Kier alpha value is -2.88. The summed E-state index contributed by atoms with van der Waals surface area (Å²) >= 11 is 0. The highest BCUT2D eigenvalue weighted by Gasteiger charge is 2.33. The molecule has 4 heterocycles. The Bertz CT molecular complexity index is 1260. The number of piperidine rings is 1. The van der Waals surface area contributed by atoms with E-state index in [-0.39, 0.29) is 16.7 Å². The van der Waals surface area contributed by atoms with Crippen molar-refractivity contribution < 1.29 is 14.3 Å². The molecule has 2 aliphatic rings. The topological polar surface area (TPSA) is 99.7 Å². The Balaban J connectivity index is 0. The number of aldehydes is 1. The lowest BCUT2D eigenvalue weighted by molar-refractivity contribution is -0.126. The molecule has 0 unspecified atom stereocenters. The number of anilines is 2. The van der Waals surface area contributed by atoms with Crippen LogP contribution < -0.4 is 10.6 Å². The van der Waals surface area contributed by atoms with Crippen LogP contribution in [0.1, 0.15) is 170 Å². The van der Waals surface area contributed by atoms with Gasteiger partial charge in [0, 0.05) is 56.5 Å². The molecule has 0 spiro atoms. The number of amides is 1. The van der Waals surface area contributed by atoms with Crippen LogP contribution in [-0.4, -0.2) is 78.4 Å². The fourth-order valence-electron chi connectivity index (χ4n) is 5.93. The lowest BCUT2D eigenvalue weighted by atomic mass is 9.79. The van der Waals surface area contributed by atoms with Gasteiger partial charge in [0.25, 0.3) is 0 Å². The van der Waals surface area contributed by atoms with Gasteiger partial charge in [-0.1, -0.05) is 102 Å². The number of ether oxygens (including phenoxy) is 1. The average molecular weight is 785 g/mol. The Kier molecular flexibility index (Phi) is 32.7. The highest BCUT2D eigenvalue weighted by molar-refractivity contribution is 5.94. The number of nitrogens with zero attached hydrogens (tertiary/aromatic N) is 4. The molecule has 1 amide bonds. The summed E-state index contributed by atoms with van der Waals surface area (Å²) in [5, 5.41) is 6.15. The quantitative estimate of drug-likeness (QED) is 0.194. The molecule has 0 saturated carbocycles. The minimum absolute atomic E-state index is 0.0556. The van der Waals surface area contributed by atoms with Crippen molar-refractivity contribution in [1.82, 2.24) is 19.8 Å². The normalized spacial score (nSPS) is 14.3. The van der Waals surface area contributed by atoms with Gasteiger partial charge in [-0.15, -0.1) is 0 Å². The average Bonchev–Trinajstić information content (AvgIpc) is 3.23. The molecule has 56 heavy (non-hydrogen) atoms. The highest BCUT2D eigenvalue weighted by Crippen LogP contribution is 2.32. The van der Waals surface area contributed by atoms with E-state index in [1.54, 1.807) is 0 Å². The molecule has 0 radical (unpaired) electrons. The number of carbonyl (C=O) groups is 2. The number of morpholine rings is 1. The first-order valence-corrected chi connectivity index (χ1v) is 22.2. The van der Waals surface area contributed by atoms with Gasteiger partial charge in [-0.25, -0.2) is 9.97 Å². The summed E-state index contributed by atoms with van der Waals surface area (Å²) in [4.78, 5) is 36.7. The number of hydrogen-bond acceptors (Lipinski definition) is 8. The van der Waals surface area contributed by atoms with Gasteiger partial charge in [-0.2, -0.15) is 0 Å². The Labute approximate surface area is 346 Å². The zero-order chi connectivity index (χ0) is 43.0.